The van der Waals surface area contributed by atoms with Crippen molar-refractivity contribution in [2.75, 3.05) is 17.3 Å². The molecule has 158 valence electrons. The van der Waals surface area contributed by atoms with Gasteiger partial charge in [0.25, 0.3) is 5.91 Å². The number of fused-ring (bicyclic) bond motifs is 1. The van der Waals surface area contributed by atoms with Crippen molar-refractivity contribution >= 4 is 44.0 Å². The Hall–Kier alpha value is -2.93. The number of carbonyl (C=O) groups excluding carboxylic acids is 1. The first-order valence-corrected chi connectivity index (χ1v) is 10.8. The number of carbonyl (C=O) groups is 1. The number of anilines is 2. The van der Waals surface area contributed by atoms with E-state index in [1.165, 1.54) is 11.3 Å². The number of hydrogen-bond acceptors (Lipinski definition) is 6. The van der Waals surface area contributed by atoms with Crippen LogP contribution < -0.4 is 15.5 Å². The van der Waals surface area contributed by atoms with Crippen molar-refractivity contribution in [3.63, 3.8) is 0 Å². The van der Waals surface area contributed by atoms with Gasteiger partial charge in [-0.2, -0.15) is 5.10 Å². The summed E-state index contributed by atoms with van der Waals surface area (Å²) in [5.41, 5.74) is 9.88. The Morgan fingerprint density at radius 2 is 1.93 bits per heavy atom. The Labute approximate surface area is 181 Å². The molecule has 30 heavy (non-hydrogen) atoms. The maximum Gasteiger partial charge on any atom is 0.262 e. The number of nitrogens with zero attached hydrogens (tertiary/aromatic N) is 2. The number of benzene rings is 2. The molecule has 3 aromatic rings. The molecule has 1 aromatic heterocycles. The molecule has 1 amide bonds. The SMILES string of the molecule is CC/C(C)=N\Nc1nc2cc(C)c(NC(=O)COc3ccc(C)cc3C)c(C)c2s1. The van der Waals surface area contributed by atoms with Crippen LogP contribution in [-0.2, 0) is 4.79 Å². The first-order chi connectivity index (χ1) is 14.3. The van der Waals surface area contributed by atoms with E-state index in [1.54, 1.807) is 0 Å². The third-order valence-corrected chi connectivity index (χ3v) is 6.02. The van der Waals surface area contributed by atoms with Crippen molar-refractivity contribution in [1.82, 2.24) is 4.98 Å². The zero-order valence-corrected chi connectivity index (χ0v) is 19.2. The van der Waals surface area contributed by atoms with E-state index in [0.717, 1.165) is 61.2 Å². The van der Waals surface area contributed by atoms with E-state index < -0.39 is 0 Å². The number of hydrazone groups is 1. The van der Waals surface area contributed by atoms with E-state index in [0.29, 0.717) is 0 Å². The second kappa shape index (κ2) is 9.26. The Kier molecular flexibility index (Phi) is 6.72. The van der Waals surface area contributed by atoms with Crippen molar-refractivity contribution in [1.29, 1.82) is 0 Å². The van der Waals surface area contributed by atoms with Gasteiger partial charge >= 0.3 is 0 Å². The molecule has 0 aliphatic rings. The molecule has 6 nitrogen and oxygen atoms in total. The van der Waals surface area contributed by atoms with Crippen LogP contribution in [0.25, 0.3) is 10.2 Å². The fraction of sp³-hybridized carbons (Fsp3) is 0.348. The van der Waals surface area contributed by atoms with Crippen LogP contribution in [0.15, 0.2) is 29.4 Å². The van der Waals surface area contributed by atoms with Crippen LogP contribution in [0.3, 0.4) is 0 Å². The van der Waals surface area contributed by atoms with E-state index in [-0.39, 0.29) is 12.5 Å². The van der Waals surface area contributed by atoms with Crippen LogP contribution in [0.5, 0.6) is 5.75 Å². The van der Waals surface area contributed by atoms with Gasteiger partial charge in [0.1, 0.15) is 5.75 Å². The maximum atomic E-state index is 12.5. The van der Waals surface area contributed by atoms with Crippen molar-refractivity contribution < 1.29 is 9.53 Å². The lowest BCUT2D eigenvalue weighted by Gasteiger charge is -2.13. The molecule has 0 aliphatic heterocycles. The Morgan fingerprint density at radius 3 is 2.63 bits per heavy atom. The van der Waals surface area contributed by atoms with Crippen molar-refractivity contribution in [2.24, 2.45) is 5.10 Å². The number of hydrogen-bond donors (Lipinski definition) is 2. The van der Waals surface area contributed by atoms with Gasteiger partial charge in [0.2, 0.25) is 5.13 Å². The second-order valence-corrected chi connectivity index (χ2v) is 8.48. The molecule has 0 atom stereocenters. The monoisotopic (exact) mass is 424 g/mol. The Morgan fingerprint density at radius 1 is 1.17 bits per heavy atom. The van der Waals surface area contributed by atoms with Crippen LogP contribution in [-0.4, -0.2) is 23.2 Å². The highest BCUT2D eigenvalue weighted by Gasteiger charge is 2.15. The summed E-state index contributed by atoms with van der Waals surface area (Å²) in [4.78, 5) is 17.2. The fourth-order valence-corrected chi connectivity index (χ4v) is 4.02. The number of nitrogens with one attached hydrogen (secondary N) is 2. The molecule has 7 heteroatoms. The molecule has 0 saturated heterocycles. The molecule has 0 fully saturated rings. The summed E-state index contributed by atoms with van der Waals surface area (Å²) < 4.78 is 6.74. The van der Waals surface area contributed by atoms with E-state index in [1.807, 2.05) is 58.9 Å². The van der Waals surface area contributed by atoms with Crippen LogP contribution in [0.2, 0.25) is 0 Å². The number of aromatic nitrogens is 1. The van der Waals surface area contributed by atoms with Gasteiger partial charge in [-0.25, -0.2) is 4.98 Å². The van der Waals surface area contributed by atoms with E-state index in [2.05, 4.69) is 27.8 Å². The molecule has 0 unspecified atom stereocenters. The van der Waals surface area contributed by atoms with E-state index in [9.17, 15) is 4.79 Å². The van der Waals surface area contributed by atoms with E-state index in [4.69, 9.17) is 4.74 Å². The summed E-state index contributed by atoms with van der Waals surface area (Å²) in [6.45, 7) is 12.0. The number of aryl methyl sites for hydroxylation is 4. The minimum atomic E-state index is -0.188. The van der Waals surface area contributed by atoms with Gasteiger partial charge in [-0.3, -0.25) is 10.2 Å². The summed E-state index contributed by atoms with van der Waals surface area (Å²) in [5.74, 6) is 0.535. The predicted octanol–water partition coefficient (Wildman–Crippen LogP) is 5.75. The van der Waals surface area contributed by atoms with Gasteiger partial charge < -0.3 is 10.1 Å². The highest BCUT2D eigenvalue weighted by molar-refractivity contribution is 7.22. The molecule has 0 saturated carbocycles. The minimum Gasteiger partial charge on any atom is -0.483 e. The molecular weight excluding hydrogens is 396 g/mol. The van der Waals surface area contributed by atoms with Gasteiger partial charge in [-0.15, -0.1) is 0 Å². The zero-order chi connectivity index (χ0) is 21.8. The number of thiazole rings is 1. The minimum absolute atomic E-state index is 0.0404. The van der Waals surface area contributed by atoms with Crippen LogP contribution in [0.1, 0.15) is 42.5 Å². The van der Waals surface area contributed by atoms with Gasteiger partial charge in [0, 0.05) is 11.4 Å². The largest absolute Gasteiger partial charge is 0.483 e. The molecule has 2 aromatic carbocycles. The summed E-state index contributed by atoms with van der Waals surface area (Å²) >= 11 is 1.53. The lowest BCUT2D eigenvalue weighted by atomic mass is 10.1. The highest BCUT2D eigenvalue weighted by atomic mass is 32.1. The van der Waals surface area contributed by atoms with Crippen LogP contribution in [0, 0.1) is 27.7 Å². The second-order valence-electron chi connectivity index (χ2n) is 7.48. The predicted molar refractivity (Wildman–Crippen MR) is 126 cm³/mol. The fourth-order valence-electron chi connectivity index (χ4n) is 3.13. The lowest BCUT2D eigenvalue weighted by molar-refractivity contribution is -0.118. The van der Waals surface area contributed by atoms with Crippen LogP contribution >= 0.6 is 11.3 Å². The molecular formula is C23H28N4O2S. The first-order valence-electron chi connectivity index (χ1n) is 9.98. The van der Waals surface area contributed by atoms with Gasteiger partial charge in [-0.1, -0.05) is 36.0 Å². The molecule has 0 aliphatic carbocycles. The topological polar surface area (TPSA) is 75.6 Å². The summed E-state index contributed by atoms with van der Waals surface area (Å²) in [6.07, 6.45) is 0.885. The lowest BCUT2D eigenvalue weighted by Crippen LogP contribution is -2.21. The molecule has 1 heterocycles. The quantitative estimate of drug-likeness (QED) is 0.374. The van der Waals surface area contributed by atoms with Crippen LogP contribution in [0.4, 0.5) is 10.8 Å². The molecule has 0 radical (unpaired) electrons. The van der Waals surface area contributed by atoms with Gasteiger partial charge in [0.15, 0.2) is 6.61 Å². The average Bonchev–Trinajstić information content (AvgIpc) is 3.11. The average molecular weight is 425 g/mol. The van der Waals surface area contributed by atoms with Gasteiger partial charge in [0.05, 0.1) is 10.2 Å². The number of ether oxygens (including phenoxy) is 1. The Balaban J connectivity index is 1.75. The highest BCUT2D eigenvalue weighted by Crippen LogP contribution is 2.35. The normalized spacial score (nSPS) is 11.6. The molecule has 0 bridgehead atoms. The zero-order valence-electron chi connectivity index (χ0n) is 18.3. The standard InChI is InChI=1S/C23H28N4O2S/c1-7-16(5)26-27-23-24-18-11-15(4)21(17(6)22(18)30-23)25-20(28)12-29-19-9-8-13(2)10-14(19)3/h8-11H,7,12H2,1-6H3,(H,24,27)(H,25,28)/b26-16-. The molecule has 3 rings (SSSR count). The van der Waals surface area contributed by atoms with Crippen molar-refractivity contribution in [3.8, 4) is 5.75 Å². The third-order valence-electron chi connectivity index (χ3n) is 4.92. The maximum absolute atomic E-state index is 12.5. The molecule has 2 N–H and O–H groups in total. The summed E-state index contributed by atoms with van der Waals surface area (Å²) in [6, 6.07) is 7.90. The number of amides is 1. The van der Waals surface area contributed by atoms with Crippen molar-refractivity contribution in [3.05, 3.63) is 46.5 Å². The van der Waals surface area contributed by atoms with Crippen molar-refractivity contribution in [2.45, 2.75) is 48.0 Å². The van der Waals surface area contributed by atoms with Gasteiger partial charge in [-0.05, 0) is 69.9 Å². The first kappa shape index (κ1) is 21.8. The number of rotatable bonds is 7. The van der Waals surface area contributed by atoms with E-state index >= 15 is 0 Å². The Bertz CT molecular complexity index is 1120. The summed E-state index contributed by atoms with van der Waals surface area (Å²) in [5, 5.41) is 8.07. The third kappa shape index (κ3) is 4.97. The molecule has 0 spiro atoms. The smallest absolute Gasteiger partial charge is 0.262 e. The summed E-state index contributed by atoms with van der Waals surface area (Å²) in [7, 11) is 0.